The third kappa shape index (κ3) is 1.76. The Balaban J connectivity index is 2.69. The van der Waals surface area contributed by atoms with Crippen molar-refractivity contribution >= 4 is 33.6 Å². The van der Waals surface area contributed by atoms with Crippen molar-refractivity contribution in [3.8, 4) is 0 Å². The molecule has 0 amide bonds. The fourth-order valence-corrected chi connectivity index (χ4v) is 2.82. The monoisotopic (exact) mass is 174 g/mol. The first-order valence-corrected chi connectivity index (χ1v) is 5.05. The number of hydrogen-bond donors (Lipinski definition) is 0. The van der Waals surface area contributed by atoms with E-state index in [1.54, 1.807) is 23.5 Å². The maximum absolute atomic E-state index is 4.13. The lowest BCUT2D eigenvalue weighted by atomic mass is 10.8. The Morgan fingerprint density at radius 1 is 1.00 bits per heavy atom. The highest BCUT2D eigenvalue weighted by Crippen LogP contribution is 2.21. The first-order chi connectivity index (χ1) is 4.88. The van der Waals surface area contributed by atoms with Gasteiger partial charge in [0.25, 0.3) is 0 Å². The van der Waals surface area contributed by atoms with Gasteiger partial charge in [-0.1, -0.05) is 0 Å². The van der Waals surface area contributed by atoms with Crippen LogP contribution in [0.25, 0.3) is 0 Å². The lowest BCUT2D eigenvalue weighted by molar-refractivity contribution is 1.44. The second-order valence-electron chi connectivity index (χ2n) is 1.75. The summed E-state index contributed by atoms with van der Waals surface area (Å²) in [6.45, 7) is 0. The van der Waals surface area contributed by atoms with Gasteiger partial charge in [-0.25, -0.2) is 0 Å². The first-order valence-electron chi connectivity index (χ1n) is 3.08. The predicted molar refractivity (Wildman–Crippen MR) is 51.6 cm³/mol. The minimum Gasteiger partial charge on any atom is -0.279 e. The number of hydrogen-bond acceptors (Lipinski definition) is 4. The maximum atomic E-state index is 4.13. The molecule has 0 aromatic rings. The molecule has 1 rings (SSSR count). The van der Waals surface area contributed by atoms with E-state index in [-0.39, 0.29) is 0 Å². The molecule has 0 aromatic carbocycles. The van der Waals surface area contributed by atoms with Gasteiger partial charge in [0.1, 0.15) is 10.1 Å². The molecule has 0 unspecified atom stereocenters. The van der Waals surface area contributed by atoms with E-state index in [9.17, 15) is 0 Å². The highest BCUT2D eigenvalue weighted by Gasteiger charge is 2.13. The zero-order valence-electron chi connectivity index (χ0n) is 6.13. The van der Waals surface area contributed by atoms with Gasteiger partial charge in [-0.05, 0) is 0 Å². The molecule has 0 radical (unpaired) electrons. The maximum Gasteiger partial charge on any atom is 0.122 e. The summed E-state index contributed by atoms with van der Waals surface area (Å²) in [5.41, 5.74) is 0. The third-order valence-corrected chi connectivity index (χ3v) is 3.65. The van der Waals surface area contributed by atoms with Crippen molar-refractivity contribution < 1.29 is 0 Å². The van der Waals surface area contributed by atoms with Crippen LogP contribution in [0.4, 0.5) is 0 Å². The zero-order valence-corrected chi connectivity index (χ0v) is 7.76. The summed E-state index contributed by atoms with van der Waals surface area (Å²) in [5, 5.41) is 2.19. The molecule has 0 bridgehead atoms. The summed E-state index contributed by atoms with van der Waals surface area (Å²) in [6, 6.07) is 0. The van der Waals surface area contributed by atoms with E-state index in [0.29, 0.717) is 0 Å². The SMILES string of the molecule is CN=C1SCCSC1=NC. The van der Waals surface area contributed by atoms with Crippen molar-refractivity contribution in [2.24, 2.45) is 9.98 Å². The number of aliphatic imine (C=N–C) groups is 2. The second kappa shape index (κ2) is 4.03. The Labute approximate surface area is 69.6 Å². The second-order valence-corrected chi connectivity index (χ2v) is 3.92. The summed E-state index contributed by atoms with van der Waals surface area (Å²) >= 11 is 3.59. The van der Waals surface area contributed by atoms with Gasteiger partial charge in [0.05, 0.1) is 0 Å². The lowest BCUT2D eigenvalue weighted by Crippen LogP contribution is -2.14. The van der Waals surface area contributed by atoms with E-state index in [4.69, 9.17) is 0 Å². The standard InChI is InChI=1S/C6H10N2S2/c1-7-5-6(8-2)10-4-3-9-5/h3-4H2,1-2H3. The molecule has 56 valence electrons. The van der Waals surface area contributed by atoms with Crippen LogP contribution in [0.2, 0.25) is 0 Å². The van der Waals surface area contributed by atoms with E-state index >= 15 is 0 Å². The largest absolute Gasteiger partial charge is 0.279 e. The summed E-state index contributed by atoms with van der Waals surface area (Å²) < 4.78 is 0. The molecule has 0 atom stereocenters. The van der Waals surface area contributed by atoms with E-state index in [1.807, 2.05) is 14.1 Å². The predicted octanol–water partition coefficient (Wildman–Crippen LogP) is 1.52. The van der Waals surface area contributed by atoms with Crippen LogP contribution in [-0.4, -0.2) is 35.7 Å². The molecule has 0 saturated carbocycles. The van der Waals surface area contributed by atoms with Crippen molar-refractivity contribution in [1.82, 2.24) is 0 Å². The summed E-state index contributed by atoms with van der Waals surface area (Å²) in [7, 11) is 3.64. The molecule has 1 aliphatic heterocycles. The van der Waals surface area contributed by atoms with Gasteiger partial charge < -0.3 is 0 Å². The molecule has 0 aliphatic carbocycles. The normalized spacial score (nSPS) is 27.8. The Hall–Kier alpha value is 0.0400. The Kier molecular flexibility index (Phi) is 3.28. The quantitative estimate of drug-likeness (QED) is 0.556. The van der Waals surface area contributed by atoms with Crippen LogP contribution in [-0.2, 0) is 0 Å². The lowest BCUT2D eigenvalue weighted by Gasteiger charge is -2.12. The Morgan fingerprint density at radius 2 is 1.40 bits per heavy atom. The third-order valence-electron chi connectivity index (χ3n) is 1.15. The van der Waals surface area contributed by atoms with Gasteiger partial charge >= 0.3 is 0 Å². The van der Waals surface area contributed by atoms with Crippen molar-refractivity contribution in [3.63, 3.8) is 0 Å². The molecule has 0 N–H and O–H groups in total. The molecule has 1 aliphatic rings. The average Bonchev–Trinajstić information content (AvgIpc) is 2.04. The van der Waals surface area contributed by atoms with E-state index in [1.165, 1.54) is 0 Å². The fraction of sp³-hybridized carbons (Fsp3) is 0.667. The Morgan fingerprint density at radius 3 is 1.70 bits per heavy atom. The average molecular weight is 174 g/mol. The van der Waals surface area contributed by atoms with Crippen LogP contribution in [0.5, 0.6) is 0 Å². The van der Waals surface area contributed by atoms with Gasteiger partial charge in [-0.3, -0.25) is 9.98 Å². The van der Waals surface area contributed by atoms with Crippen molar-refractivity contribution in [2.45, 2.75) is 0 Å². The molecule has 1 saturated heterocycles. The fourth-order valence-electron chi connectivity index (χ4n) is 0.721. The molecule has 4 heteroatoms. The van der Waals surface area contributed by atoms with Crippen molar-refractivity contribution in [1.29, 1.82) is 0 Å². The zero-order chi connectivity index (χ0) is 7.40. The molecule has 0 aromatic heterocycles. The van der Waals surface area contributed by atoms with Crippen LogP contribution >= 0.6 is 23.5 Å². The molecule has 2 nitrogen and oxygen atoms in total. The summed E-state index contributed by atoms with van der Waals surface area (Å²) in [5.74, 6) is 2.33. The number of nitrogens with zero attached hydrogens (tertiary/aromatic N) is 2. The molecular formula is C6H10N2S2. The smallest absolute Gasteiger partial charge is 0.122 e. The van der Waals surface area contributed by atoms with E-state index in [0.717, 1.165) is 21.6 Å². The van der Waals surface area contributed by atoms with Gasteiger partial charge in [0.15, 0.2) is 0 Å². The van der Waals surface area contributed by atoms with Crippen LogP contribution in [0.3, 0.4) is 0 Å². The van der Waals surface area contributed by atoms with E-state index < -0.39 is 0 Å². The molecule has 10 heavy (non-hydrogen) atoms. The molecular weight excluding hydrogens is 164 g/mol. The minimum atomic E-state index is 1.10. The van der Waals surface area contributed by atoms with Crippen LogP contribution in [0.15, 0.2) is 9.98 Å². The Bertz CT molecular complexity index is 155. The molecule has 1 heterocycles. The minimum absolute atomic E-state index is 1.10. The van der Waals surface area contributed by atoms with Gasteiger partial charge in [0.2, 0.25) is 0 Å². The topological polar surface area (TPSA) is 24.7 Å². The highest BCUT2D eigenvalue weighted by molar-refractivity contribution is 8.27. The molecule has 0 spiro atoms. The summed E-state index contributed by atoms with van der Waals surface area (Å²) in [6.07, 6.45) is 0. The van der Waals surface area contributed by atoms with Crippen molar-refractivity contribution in [2.75, 3.05) is 25.6 Å². The van der Waals surface area contributed by atoms with Crippen molar-refractivity contribution in [3.05, 3.63) is 0 Å². The van der Waals surface area contributed by atoms with Gasteiger partial charge in [0, 0.05) is 25.6 Å². The number of rotatable bonds is 0. The van der Waals surface area contributed by atoms with Gasteiger partial charge in [-0.2, -0.15) is 0 Å². The van der Waals surface area contributed by atoms with Crippen LogP contribution in [0.1, 0.15) is 0 Å². The van der Waals surface area contributed by atoms with Crippen LogP contribution < -0.4 is 0 Å². The van der Waals surface area contributed by atoms with Crippen LogP contribution in [0, 0.1) is 0 Å². The summed E-state index contributed by atoms with van der Waals surface area (Å²) in [4.78, 5) is 8.26. The molecule has 1 fully saturated rings. The number of thioether (sulfide) groups is 2. The first kappa shape index (κ1) is 8.14. The van der Waals surface area contributed by atoms with E-state index in [2.05, 4.69) is 9.98 Å². The van der Waals surface area contributed by atoms with Gasteiger partial charge in [-0.15, -0.1) is 23.5 Å². The highest BCUT2D eigenvalue weighted by atomic mass is 32.2.